The molecule has 3 aliphatic heterocycles. The predicted octanol–water partition coefficient (Wildman–Crippen LogP) is -1.78. The minimum absolute atomic E-state index is 0.00816. The van der Waals surface area contributed by atoms with Gasteiger partial charge in [0.1, 0.15) is 42.7 Å². The Labute approximate surface area is 489 Å². The number of carbonyl (C=O) groups excluding carboxylic acids is 5. The maximum absolute atomic E-state index is 14.5. The van der Waals surface area contributed by atoms with Gasteiger partial charge in [-0.2, -0.15) is 0 Å². The van der Waals surface area contributed by atoms with E-state index in [9.17, 15) is 69.9 Å². The SMILES string of the molecule is CCCOCCOCCC(=O)NC(CCCCNC(=O)CCCCOC1OC(CO)C(O)C(O)C1C)C(=O)N(CCCNC(=O)CCCCOC1OC(CO)C(O)C(O)C1C)CCCNC(=O)CCCCOC1OC(CO)C(O)C(O)C1C. The number of rotatable bonds is 44. The van der Waals surface area contributed by atoms with Crippen LogP contribution in [-0.4, -0.2) is 259 Å². The van der Waals surface area contributed by atoms with Crippen LogP contribution in [0.5, 0.6) is 0 Å². The minimum Gasteiger partial charge on any atom is -0.394 e. The first-order chi connectivity index (χ1) is 39.9. The normalized spacial score (nSPS) is 28.5. The molecule has 3 saturated heterocycles. The second kappa shape index (κ2) is 42.5. The Bertz CT molecular complexity index is 1730. The first-order valence-electron chi connectivity index (χ1n) is 30.1. The summed E-state index contributed by atoms with van der Waals surface area (Å²) in [6.07, 6.45) is -6.14. The zero-order chi connectivity index (χ0) is 61.1. The molecule has 0 aromatic heterocycles. The number of nitrogens with zero attached hydrogens (tertiary/aromatic N) is 1. The number of amides is 5. The lowest BCUT2D eigenvalue weighted by Crippen LogP contribution is -2.55. The van der Waals surface area contributed by atoms with Gasteiger partial charge in [0, 0.05) is 103 Å². The number of nitrogens with one attached hydrogen (secondary N) is 4. The molecule has 16 unspecified atom stereocenters. The fourth-order valence-electron chi connectivity index (χ4n) is 9.66. The summed E-state index contributed by atoms with van der Waals surface area (Å²) in [5.74, 6) is -2.96. The zero-order valence-corrected chi connectivity index (χ0v) is 49.4. The van der Waals surface area contributed by atoms with Crippen molar-refractivity contribution in [3.05, 3.63) is 0 Å². The molecule has 0 aromatic rings. The zero-order valence-electron chi connectivity index (χ0n) is 49.4. The molecule has 0 aromatic carbocycles. The van der Waals surface area contributed by atoms with Gasteiger partial charge in [0.25, 0.3) is 0 Å². The Hall–Kier alpha value is -3.33. The molecule has 3 heterocycles. The number of unbranched alkanes of at least 4 members (excludes halogenated alkanes) is 4. The van der Waals surface area contributed by atoms with E-state index in [2.05, 4.69) is 21.3 Å². The average Bonchev–Trinajstić information content (AvgIpc) is 3.53. The van der Waals surface area contributed by atoms with Crippen LogP contribution in [0.1, 0.15) is 130 Å². The molecule has 0 radical (unpaired) electrons. The lowest BCUT2D eigenvalue weighted by atomic mass is 9.92. The number of aliphatic hydroxyl groups is 9. The summed E-state index contributed by atoms with van der Waals surface area (Å²) in [6, 6.07) is -0.942. The maximum Gasteiger partial charge on any atom is 0.245 e. The third-order valence-corrected chi connectivity index (χ3v) is 15.0. The van der Waals surface area contributed by atoms with E-state index >= 15 is 0 Å². The molecule has 27 nitrogen and oxygen atoms in total. The number of ether oxygens (including phenoxy) is 8. The molecule has 0 bridgehead atoms. The van der Waals surface area contributed by atoms with Crippen molar-refractivity contribution in [3.63, 3.8) is 0 Å². The van der Waals surface area contributed by atoms with Crippen molar-refractivity contribution in [1.82, 2.24) is 26.2 Å². The third kappa shape index (κ3) is 27.5. The van der Waals surface area contributed by atoms with Crippen LogP contribution < -0.4 is 21.3 Å². The average molecular weight is 1200 g/mol. The van der Waals surface area contributed by atoms with Gasteiger partial charge < -0.3 is 110 Å². The fraction of sp³-hybridized carbons (Fsp3) is 0.911. The lowest BCUT2D eigenvalue weighted by Gasteiger charge is -2.40. The predicted molar refractivity (Wildman–Crippen MR) is 297 cm³/mol. The van der Waals surface area contributed by atoms with E-state index in [0.717, 1.165) is 6.42 Å². The van der Waals surface area contributed by atoms with Crippen LogP contribution in [0.2, 0.25) is 0 Å². The molecular weight excluding hydrogens is 1090 g/mol. The Kier molecular flexibility index (Phi) is 37.9. The van der Waals surface area contributed by atoms with Gasteiger partial charge in [-0.25, -0.2) is 0 Å². The Balaban J connectivity index is 1.54. The van der Waals surface area contributed by atoms with Gasteiger partial charge in [0.15, 0.2) is 18.9 Å². The summed E-state index contributed by atoms with van der Waals surface area (Å²) in [4.78, 5) is 67.9. The van der Waals surface area contributed by atoms with Crippen molar-refractivity contribution < 1.29 is 108 Å². The van der Waals surface area contributed by atoms with E-state index in [1.807, 2.05) is 6.92 Å². The van der Waals surface area contributed by atoms with Crippen molar-refractivity contribution in [3.8, 4) is 0 Å². The quantitative estimate of drug-likeness (QED) is 0.0300. The molecule has 16 atom stereocenters. The van der Waals surface area contributed by atoms with Crippen molar-refractivity contribution in [2.45, 2.75) is 210 Å². The van der Waals surface area contributed by atoms with Crippen molar-refractivity contribution in [1.29, 1.82) is 0 Å². The Morgan fingerprint density at radius 2 is 0.819 bits per heavy atom. The fourth-order valence-corrected chi connectivity index (χ4v) is 9.66. The summed E-state index contributed by atoms with van der Waals surface area (Å²) >= 11 is 0. The van der Waals surface area contributed by atoms with Gasteiger partial charge in [-0.1, -0.05) is 27.7 Å². The van der Waals surface area contributed by atoms with Crippen LogP contribution in [-0.2, 0) is 61.9 Å². The van der Waals surface area contributed by atoms with Gasteiger partial charge in [0.2, 0.25) is 29.5 Å². The molecule has 13 N–H and O–H groups in total. The molecule has 3 rings (SSSR count). The molecule has 484 valence electrons. The number of hydrogen-bond acceptors (Lipinski definition) is 22. The van der Waals surface area contributed by atoms with Crippen LogP contribution in [0, 0.1) is 17.8 Å². The third-order valence-electron chi connectivity index (χ3n) is 15.0. The van der Waals surface area contributed by atoms with E-state index in [1.54, 1.807) is 25.7 Å². The second-order valence-electron chi connectivity index (χ2n) is 21.9. The summed E-state index contributed by atoms with van der Waals surface area (Å²) < 4.78 is 45.1. The molecule has 83 heavy (non-hydrogen) atoms. The first kappa shape index (κ1) is 73.9. The van der Waals surface area contributed by atoms with Crippen molar-refractivity contribution in [2.75, 3.05) is 98.8 Å². The van der Waals surface area contributed by atoms with Crippen molar-refractivity contribution in [2.24, 2.45) is 17.8 Å². The number of carbonyl (C=O) groups is 5. The van der Waals surface area contributed by atoms with Gasteiger partial charge >= 0.3 is 0 Å². The second-order valence-corrected chi connectivity index (χ2v) is 21.9. The van der Waals surface area contributed by atoms with Crippen molar-refractivity contribution >= 4 is 29.5 Å². The van der Waals surface area contributed by atoms with E-state index in [-0.39, 0.29) is 108 Å². The lowest BCUT2D eigenvalue weighted by molar-refractivity contribution is -0.282. The number of hydrogen-bond donors (Lipinski definition) is 13. The summed E-state index contributed by atoms with van der Waals surface area (Å²) in [6.45, 7) is 8.85. The largest absolute Gasteiger partial charge is 0.394 e. The Morgan fingerprint density at radius 1 is 0.446 bits per heavy atom. The van der Waals surface area contributed by atoms with Gasteiger partial charge in [-0.3, -0.25) is 24.0 Å². The molecule has 5 amide bonds. The van der Waals surface area contributed by atoms with Crippen LogP contribution in [0.3, 0.4) is 0 Å². The maximum atomic E-state index is 14.5. The van der Waals surface area contributed by atoms with Gasteiger partial charge in [-0.15, -0.1) is 0 Å². The molecule has 3 fully saturated rings. The summed E-state index contributed by atoms with van der Waals surface area (Å²) in [5.41, 5.74) is 0. The highest BCUT2D eigenvalue weighted by Crippen LogP contribution is 2.29. The van der Waals surface area contributed by atoms with E-state index in [0.29, 0.717) is 90.6 Å². The monoisotopic (exact) mass is 1200 g/mol. The van der Waals surface area contributed by atoms with Crippen LogP contribution in [0.25, 0.3) is 0 Å². The first-order valence-corrected chi connectivity index (χ1v) is 30.1. The molecular formula is C56H103N5O22. The highest BCUT2D eigenvalue weighted by atomic mass is 16.7. The molecule has 0 saturated carbocycles. The standard InChI is InChI=1S/C56H103N5O22/c1-5-26-76-31-32-77-30-20-46(68)60-39(16-6-10-21-57-43(65)17-7-11-27-78-54-36(2)47(69)50(72)40(33-62)81-54)53(75)61(24-14-22-58-44(66)18-8-12-28-79-55-37(3)48(70)51(73)41(34-63)82-55)25-15-23-59-45(67)19-9-13-29-80-56-38(4)49(71)52(74)42(35-64)83-56/h36-42,47-52,54-56,62-64,69-74H,5-35H2,1-4H3,(H,57,65)(H,58,66)(H,59,67)(H,60,68). The molecule has 27 heteroatoms. The highest BCUT2D eigenvalue weighted by molar-refractivity contribution is 5.87. The highest BCUT2D eigenvalue weighted by Gasteiger charge is 2.44. The van der Waals surface area contributed by atoms with Gasteiger partial charge in [-0.05, 0) is 77.0 Å². The molecule has 0 aliphatic carbocycles. The summed E-state index contributed by atoms with van der Waals surface area (Å²) in [5, 5.41) is 101. The van der Waals surface area contributed by atoms with E-state index in [4.69, 9.17) is 37.9 Å². The van der Waals surface area contributed by atoms with E-state index in [1.165, 1.54) is 0 Å². The molecule has 3 aliphatic rings. The Morgan fingerprint density at radius 3 is 1.19 bits per heavy atom. The topological polar surface area (TPSA) is 393 Å². The smallest absolute Gasteiger partial charge is 0.245 e. The van der Waals surface area contributed by atoms with Gasteiger partial charge in [0.05, 0.1) is 58.0 Å². The van der Waals surface area contributed by atoms with Crippen LogP contribution in [0.4, 0.5) is 0 Å². The van der Waals surface area contributed by atoms with Crippen LogP contribution in [0.15, 0.2) is 0 Å². The minimum atomic E-state index is -1.24. The summed E-state index contributed by atoms with van der Waals surface area (Å²) in [7, 11) is 0. The molecule has 0 spiro atoms. The number of aliphatic hydroxyl groups excluding tert-OH is 9. The van der Waals surface area contributed by atoms with E-state index < -0.39 is 123 Å². The van der Waals surface area contributed by atoms with Crippen LogP contribution >= 0.6 is 0 Å².